The van der Waals surface area contributed by atoms with Crippen LogP contribution in [0.15, 0.2) is 48.7 Å². The first kappa shape index (κ1) is 9.90. The molecule has 2 aliphatic heterocycles. The van der Waals surface area contributed by atoms with Crippen molar-refractivity contribution in [2.24, 2.45) is 0 Å². The molecule has 2 heterocycles. The van der Waals surface area contributed by atoms with Crippen LogP contribution >= 0.6 is 0 Å². The molecule has 0 saturated carbocycles. The van der Waals surface area contributed by atoms with Crippen LogP contribution in [0.3, 0.4) is 0 Å². The van der Waals surface area contributed by atoms with E-state index in [0.29, 0.717) is 12.2 Å². The van der Waals surface area contributed by atoms with Gasteiger partial charge in [0.25, 0.3) is 0 Å². The first-order valence-electron chi connectivity index (χ1n) is 5.46. The van der Waals surface area contributed by atoms with Crippen molar-refractivity contribution in [3.63, 3.8) is 0 Å². The van der Waals surface area contributed by atoms with Crippen LogP contribution < -0.4 is 5.32 Å². The number of ether oxygens (including phenoxy) is 1. The highest BCUT2D eigenvalue weighted by molar-refractivity contribution is 5.95. The van der Waals surface area contributed by atoms with Crippen molar-refractivity contribution in [2.45, 2.75) is 6.61 Å². The van der Waals surface area contributed by atoms with Gasteiger partial charge in [0.1, 0.15) is 6.61 Å². The standard InChI is InChI=1S/C14H11NO2/c16-14-11-6-4-5-10(12(11)9-17-14)13-7-2-1-3-8-15-13/h1-8,15H,9H2. The van der Waals surface area contributed by atoms with E-state index < -0.39 is 0 Å². The predicted molar refractivity (Wildman–Crippen MR) is 65.0 cm³/mol. The maximum absolute atomic E-state index is 11.5. The summed E-state index contributed by atoms with van der Waals surface area (Å²) in [7, 11) is 0. The van der Waals surface area contributed by atoms with Crippen molar-refractivity contribution < 1.29 is 9.53 Å². The van der Waals surface area contributed by atoms with Crippen molar-refractivity contribution in [3.8, 4) is 0 Å². The van der Waals surface area contributed by atoms with Crippen LogP contribution in [-0.4, -0.2) is 5.97 Å². The van der Waals surface area contributed by atoms with Gasteiger partial charge < -0.3 is 10.1 Å². The molecule has 1 N–H and O–H groups in total. The molecular formula is C14H11NO2. The Morgan fingerprint density at radius 2 is 2.00 bits per heavy atom. The minimum Gasteiger partial charge on any atom is -0.457 e. The number of benzene rings is 1. The van der Waals surface area contributed by atoms with Crippen LogP contribution in [0.25, 0.3) is 5.70 Å². The Balaban J connectivity index is 2.10. The van der Waals surface area contributed by atoms with Crippen LogP contribution in [0.2, 0.25) is 0 Å². The summed E-state index contributed by atoms with van der Waals surface area (Å²) in [5.41, 5.74) is 3.62. The number of allylic oxidation sites excluding steroid dienone is 4. The molecule has 0 atom stereocenters. The number of hydrogen-bond donors (Lipinski definition) is 1. The van der Waals surface area contributed by atoms with Crippen LogP contribution in [0.4, 0.5) is 0 Å². The first-order valence-corrected chi connectivity index (χ1v) is 5.46. The summed E-state index contributed by atoms with van der Waals surface area (Å²) in [6, 6.07) is 5.67. The smallest absolute Gasteiger partial charge is 0.338 e. The first-order chi connectivity index (χ1) is 8.36. The molecule has 17 heavy (non-hydrogen) atoms. The highest BCUT2D eigenvalue weighted by Gasteiger charge is 2.24. The zero-order valence-electron chi connectivity index (χ0n) is 9.14. The average Bonchev–Trinajstić information content (AvgIpc) is 2.59. The molecule has 0 fully saturated rings. The van der Waals surface area contributed by atoms with Gasteiger partial charge in [-0.15, -0.1) is 0 Å². The molecule has 0 aliphatic carbocycles. The number of fused-ring (bicyclic) bond motifs is 1. The van der Waals surface area contributed by atoms with Gasteiger partial charge in [-0.1, -0.05) is 24.3 Å². The molecule has 84 valence electrons. The summed E-state index contributed by atoms with van der Waals surface area (Å²) in [4.78, 5) is 11.5. The molecule has 0 spiro atoms. The third-order valence-electron chi connectivity index (χ3n) is 2.85. The van der Waals surface area contributed by atoms with Crippen molar-refractivity contribution in [1.82, 2.24) is 5.32 Å². The number of nitrogens with one attached hydrogen (secondary N) is 1. The molecule has 3 rings (SSSR count). The number of carbonyl (C=O) groups is 1. The van der Waals surface area contributed by atoms with E-state index in [1.165, 1.54) is 0 Å². The second kappa shape index (κ2) is 3.94. The monoisotopic (exact) mass is 225 g/mol. The average molecular weight is 225 g/mol. The molecule has 1 aromatic rings. The molecule has 0 unspecified atom stereocenters. The van der Waals surface area contributed by atoms with Gasteiger partial charge >= 0.3 is 5.97 Å². The summed E-state index contributed by atoms with van der Waals surface area (Å²) in [5.74, 6) is -0.234. The van der Waals surface area contributed by atoms with Crippen LogP contribution in [0.1, 0.15) is 21.5 Å². The lowest BCUT2D eigenvalue weighted by Crippen LogP contribution is -2.05. The third-order valence-corrected chi connectivity index (χ3v) is 2.85. The van der Waals surface area contributed by atoms with E-state index in [-0.39, 0.29) is 5.97 Å². The maximum atomic E-state index is 11.5. The third kappa shape index (κ3) is 1.65. The Morgan fingerprint density at radius 1 is 1.12 bits per heavy atom. The zero-order chi connectivity index (χ0) is 11.7. The van der Waals surface area contributed by atoms with E-state index in [1.807, 2.05) is 42.6 Å². The number of hydrogen-bond acceptors (Lipinski definition) is 3. The van der Waals surface area contributed by atoms with E-state index in [2.05, 4.69) is 5.32 Å². The van der Waals surface area contributed by atoms with Crippen molar-refractivity contribution in [2.75, 3.05) is 0 Å². The maximum Gasteiger partial charge on any atom is 0.338 e. The van der Waals surface area contributed by atoms with Gasteiger partial charge in [0, 0.05) is 23.0 Å². The Bertz CT molecular complexity index is 568. The SMILES string of the molecule is O=C1OCc2c1cccc2C1=CC=CC=CN1. The molecular weight excluding hydrogens is 214 g/mol. The second-order valence-corrected chi connectivity index (χ2v) is 3.88. The van der Waals surface area contributed by atoms with E-state index in [1.54, 1.807) is 6.07 Å². The number of carbonyl (C=O) groups excluding carboxylic acids is 1. The highest BCUT2D eigenvalue weighted by Crippen LogP contribution is 2.27. The van der Waals surface area contributed by atoms with Crippen molar-refractivity contribution >= 4 is 11.7 Å². The molecule has 3 nitrogen and oxygen atoms in total. The molecule has 2 aliphatic rings. The summed E-state index contributed by atoms with van der Waals surface area (Å²) in [5, 5.41) is 3.19. The van der Waals surface area contributed by atoms with Crippen LogP contribution in [0, 0.1) is 0 Å². The normalized spacial score (nSPS) is 16.9. The molecule has 3 heteroatoms. The van der Waals surface area contributed by atoms with Gasteiger partial charge in [-0.05, 0) is 18.2 Å². The predicted octanol–water partition coefficient (Wildman–Crippen LogP) is 2.37. The number of cyclic esters (lactones) is 1. The van der Waals surface area contributed by atoms with E-state index in [4.69, 9.17) is 4.74 Å². The van der Waals surface area contributed by atoms with Gasteiger partial charge in [0.05, 0.1) is 5.56 Å². The summed E-state index contributed by atoms with van der Waals surface area (Å²) in [6.45, 7) is 0.358. The second-order valence-electron chi connectivity index (χ2n) is 3.88. The van der Waals surface area contributed by atoms with Gasteiger partial charge in [-0.3, -0.25) is 0 Å². The van der Waals surface area contributed by atoms with Crippen LogP contribution in [0.5, 0.6) is 0 Å². The minimum atomic E-state index is -0.234. The van der Waals surface area contributed by atoms with Gasteiger partial charge in [0.15, 0.2) is 0 Å². The number of rotatable bonds is 1. The number of esters is 1. The Kier molecular flexibility index (Phi) is 2.29. The fraction of sp³-hybridized carbons (Fsp3) is 0.0714. The van der Waals surface area contributed by atoms with E-state index in [0.717, 1.165) is 16.8 Å². The lowest BCUT2D eigenvalue weighted by molar-refractivity contribution is 0.0535. The Hall–Kier alpha value is -2.29. The van der Waals surface area contributed by atoms with E-state index >= 15 is 0 Å². The molecule has 0 bridgehead atoms. The van der Waals surface area contributed by atoms with Gasteiger partial charge in [0.2, 0.25) is 0 Å². The molecule has 0 aromatic heterocycles. The van der Waals surface area contributed by atoms with E-state index in [9.17, 15) is 4.79 Å². The molecule has 0 amide bonds. The lowest BCUT2D eigenvalue weighted by atomic mass is 10.0. The van der Waals surface area contributed by atoms with Crippen molar-refractivity contribution in [3.05, 3.63) is 65.4 Å². The molecule has 0 saturated heterocycles. The minimum absolute atomic E-state index is 0.234. The highest BCUT2D eigenvalue weighted by atomic mass is 16.5. The fourth-order valence-electron chi connectivity index (χ4n) is 2.03. The lowest BCUT2D eigenvalue weighted by Gasteiger charge is -2.09. The Labute approximate surface area is 99.1 Å². The fourth-order valence-corrected chi connectivity index (χ4v) is 2.03. The quantitative estimate of drug-likeness (QED) is 0.746. The Morgan fingerprint density at radius 3 is 2.94 bits per heavy atom. The molecule has 0 radical (unpaired) electrons. The summed E-state index contributed by atoms with van der Waals surface area (Å²) >= 11 is 0. The van der Waals surface area contributed by atoms with Gasteiger partial charge in [-0.25, -0.2) is 4.79 Å². The summed E-state index contributed by atoms with van der Waals surface area (Å²) in [6.07, 6.45) is 9.69. The van der Waals surface area contributed by atoms with Gasteiger partial charge in [-0.2, -0.15) is 0 Å². The van der Waals surface area contributed by atoms with Crippen molar-refractivity contribution in [1.29, 1.82) is 0 Å². The summed E-state index contributed by atoms with van der Waals surface area (Å²) < 4.78 is 5.06. The molecule has 1 aromatic carbocycles. The largest absolute Gasteiger partial charge is 0.457 e. The zero-order valence-corrected chi connectivity index (χ0v) is 9.14. The van der Waals surface area contributed by atoms with Crippen LogP contribution in [-0.2, 0) is 11.3 Å². The topological polar surface area (TPSA) is 38.3 Å².